The topological polar surface area (TPSA) is 19.4 Å². The molecule has 2 rings (SSSR count). The van der Waals surface area contributed by atoms with Crippen molar-refractivity contribution < 1.29 is 0 Å². The number of anilines is 1. The van der Waals surface area contributed by atoms with Gasteiger partial charge in [0.1, 0.15) is 5.82 Å². The van der Waals surface area contributed by atoms with Crippen molar-refractivity contribution in [2.24, 2.45) is 0 Å². The van der Waals surface area contributed by atoms with Crippen molar-refractivity contribution in [3.8, 4) is 0 Å². The number of pyridine rings is 1. The summed E-state index contributed by atoms with van der Waals surface area (Å²) < 4.78 is 0. The van der Waals surface area contributed by atoms with Crippen molar-refractivity contribution in [3.05, 3.63) is 23.4 Å². The van der Waals surface area contributed by atoms with Crippen LogP contribution in [0.2, 0.25) is 0 Å². The quantitative estimate of drug-likeness (QED) is 0.760. The molecule has 1 atom stereocenters. The molecule has 3 nitrogen and oxygen atoms in total. The van der Waals surface area contributed by atoms with E-state index in [0.717, 1.165) is 5.82 Å². The SMILES string of the molecule is Cc1cc(C2CCCN2C)cnc1N(C)C. The predicted molar refractivity (Wildman–Crippen MR) is 67.9 cm³/mol. The molecule has 1 aliphatic rings. The Morgan fingerprint density at radius 1 is 1.44 bits per heavy atom. The van der Waals surface area contributed by atoms with Gasteiger partial charge in [0.15, 0.2) is 0 Å². The summed E-state index contributed by atoms with van der Waals surface area (Å²) in [5.41, 5.74) is 2.63. The lowest BCUT2D eigenvalue weighted by Gasteiger charge is -2.21. The average Bonchev–Trinajstić information content (AvgIpc) is 2.63. The molecule has 0 radical (unpaired) electrons. The highest BCUT2D eigenvalue weighted by Crippen LogP contribution is 2.31. The highest BCUT2D eigenvalue weighted by molar-refractivity contribution is 5.46. The van der Waals surface area contributed by atoms with Crippen molar-refractivity contribution >= 4 is 5.82 Å². The molecule has 0 N–H and O–H groups in total. The third-order valence-corrected chi connectivity index (χ3v) is 3.40. The first-order chi connectivity index (χ1) is 7.59. The van der Waals surface area contributed by atoms with Gasteiger partial charge in [0, 0.05) is 26.3 Å². The van der Waals surface area contributed by atoms with E-state index in [2.05, 4.69) is 34.8 Å². The second kappa shape index (κ2) is 4.42. The van der Waals surface area contributed by atoms with Gasteiger partial charge in [-0.25, -0.2) is 4.98 Å². The molecule has 1 unspecified atom stereocenters. The zero-order chi connectivity index (χ0) is 11.7. The number of hydrogen-bond acceptors (Lipinski definition) is 3. The highest BCUT2D eigenvalue weighted by atomic mass is 15.2. The molecule has 2 heterocycles. The van der Waals surface area contributed by atoms with Gasteiger partial charge in [0.2, 0.25) is 0 Å². The van der Waals surface area contributed by atoms with E-state index in [4.69, 9.17) is 0 Å². The summed E-state index contributed by atoms with van der Waals surface area (Å²) >= 11 is 0. The van der Waals surface area contributed by atoms with Gasteiger partial charge in [-0.3, -0.25) is 4.90 Å². The fraction of sp³-hybridized carbons (Fsp3) is 0.615. The van der Waals surface area contributed by atoms with E-state index in [1.165, 1.54) is 30.5 Å². The standard InChI is InChI=1S/C13H21N3/c1-10-8-11(9-14-13(10)15(2)3)12-6-5-7-16(12)4/h8-9,12H,5-7H2,1-4H3. The summed E-state index contributed by atoms with van der Waals surface area (Å²) in [6.07, 6.45) is 4.60. The maximum absolute atomic E-state index is 4.56. The van der Waals surface area contributed by atoms with Crippen molar-refractivity contribution in [1.29, 1.82) is 0 Å². The first-order valence-electron chi connectivity index (χ1n) is 5.93. The fourth-order valence-electron chi connectivity index (χ4n) is 2.57. The van der Waals surface area contributed by atoms with Crippen LogP contribution < -0.4 is 4.90 Å². The lowest BCUT2D eigenvalue weighted by Crippen LogP contribution is -2.18. The first kappa shape index (κ1) is 11.4. The van der Waals surface area contributed by atoms with Gasteiger partial charge >= 0.3 is 0 Å². The summed E-state index contributed by atoms with van der Waals surface area (Å²) in [4.78, 5) is 9.05. The van der Waals surface area contributed by atoms with E-state index < -0.39 is 0 Å². The molecule has 0 spiro atoms. The summed E-state index contributed by atoms with van der Waals surface area (Å²) in [5.74, 6) is 1.07. The Balaban J connectivity index is 2.27. The second-order valence-corrected chi connectivity index (χ2v) is 4.94. The Kier molecular flexibility index (Phi) is 3.15. The zero-order valence-electron chi connectivity index (χ0n) is 10.7. The van der Waals surface area contributed by atoms with Crippen molar-refractivity contribution in [1.82, 2.24) is 9.88 Å². The van der Waals surface area contributed by atoms with E-state index in [1.807, 2.05) is 20.3 Å². The summed E-state index contributed by atoms with van der Waals surface area (Å²) in [5, 5.41) is 0. The Morgan fingerprint density at radius 3 is 2.69 bits per heavy atom. The van der Waals surface area contributed by atoms with Crippen LogP contribution in [0.1, 0.15) is 30.0 Å². The molecule has 1 fully saturated rings. The Morgan fingerprint density at radius 2 is 2.19 bits per heavy atom. The number of aryl methyl sites for hydroxylation is 1. The minimum absolute atomic E-state index is 0.572. The van der Waals surface area contributed by atoms with Crippen LogP contribution in [-0.4, -0.2) is 37.6 Å². The second-order valence-electron chi connectivity index (χ2n) is 4.94. The Hall–Kier alpha value is -1.09. The number of hydrogen-bond donors (Lipinski definition) is 0. The third-order valence-electron chi connectivity index (χ3n) is 3.40. The molecule has 0 aliphatic carbocycles. The Labute approximate surface area is 98.1 Å². The van der Waals surface area contributed by atoms with E-state index in [9.17, 15) is 0 Å². The molecule has 1 aromatic heterocycles. The van der Waals surface area contributed by atoms with Gasteiger partial charge in [0.05, 0.1) is 0 Å². The molecule has 1 aromatic rings. The maximum atomic E-state index is 4.56. The third kappa shape index (κ3) is 2.05. The molecule has 88 valence electrons. The number of likely N-dealkylation sites (tertiary alicyclic amines) is 1. The normalized spacial score (nSPS) is 21.4. The zero-order valence-corrected chi connectivity index (χ0v) is 10.7. The van der Waals surface area contributed by atoms with E-state index in [-0.39, 0.29) is 0 Å². The molecular weight excluding hydrogens is 198 g/mol. The summed E-state index contributed by atoms with van der Waals surface area (Å²) in [6.45, 7) is 3.35. The maximum Gasteiger partial charge on any atom is 0.130 e. The largest absolute Gasteiger partial charge is 0.363 e. The minimum Gasteiger partial charge on any atom is -0.363 e. The van der Waals surface area contributed by atoms with Gasteiger partial charge in [-0.2, -0.15) is 0 Å². The molecule has 0 aromatic carbocycles. The Bertz CT molecular complexity index is 373. The molecule has 0 bridgehead atoms. The van der Waals surface area contributed by atoms with Crippen LogP contribution in [0.25, 0.3) is 0 Å². The molecule has 1 saturated heterocycles. The smallest absolute Gasteiger partial charge is 0.130 e. The fourth-order valence-corrected chi connectivity index (χ4v) is 2.57. The van der Waals surface area contributed by atoms with Crippen LogP contribution in [0.3, 0.4) is 0 Å². The molecule has 0 amide bonds. The summed E-state index contributed by atoms with van der Waals surface area (Å²) in [7, 11) is 6.28. The highest BCUT2D eigenvalue weighted by Gasteiger charge is 2.23. The minimum atomic E-state index is 0.572. The van der Waals surface area contributed by atoms with Crippen molar-refractivity contribution in [2.45, 2.75) is 25.8 Å². The van der Waals surface area contributed by atoms with E-state index in [0.29, 0.717) is 6.04 Å². The van der Waals surface area contributed by atoms with Crippen molar-refractivity contribution in [3.63, 3.8) is 0 Å². The van der Waals surface area contributed by atoms with Crippen LogP contribution in [0, 0.1) is 6.92 Å². The number of rotatable bonds is 2. The monoisotopic (exact) mass is 219 g/mol. The molecule has 1 aliphatic heterocycles. The van der Waals surface area contributed by atoms with Crippen LogP contribution >= 0.6 is 0 Å². The van der Waals surface area contributed by atoms with E-state index in [1.54, 1.807) is 0 Å². The van der Waals surface area contributed by atoms with Gasteiger partial charge in [0.25, 0.3) is 0 Å². The molecule has 16 heavy (non-hydrogen) atoms. The summed E-state index contributed by atoms with van der Waals surface area (Å²) in [6, 6.07) is 2.86. The van der Waals surface area contributed by atoms with Gasteiger partial charge in [-0.15, -0.1) is 0 Å². The van der Waals surface area contributed by atoms with Gasteiger partial charge < -0.3 is 4.90 Å². The van der Waals surface area contributed by atoms with Gasteiger partial charge in [-0.05, 0) is 50.6 Å². The van der Waals surface area contributed by atoms with Crippen molar-refractivity contribution in [2.75, 3.05) is 32.6 Å². The predicted octanol–water partition coefficient (Wildman–Crippen LogP) is 2.22. The van der Waals surface area contributed by atoms with Crippen LogP contribution in [0.5, 0.6) is 0 Å². The molecular formula is C13H21N3. The molecule has 0 saturated carbocycles. The lowest BCUT2D eigenvalue weighted by molar-refractivity contribution is 0.317. The number of aromatic nitrogens is 1. The van der Waals surface area contributed by atoms with Crippen LogP contribution in [-0.2, 0) is 0 Å². The van der Waals surface area contributed by atoms with Crippen LogP contribution in [0.4, 0.5) is 5.82 Å². The average molecular weight is 219 g/mol. The lowest BCUT2D eigenvalue weighted by atomic mass is 10.1. The first-order valence-corrected chi connectivity index (χ1v) is 5.93. The number of nitrogens with zero attached hydrogens (tertiary/aromatic N) is 3. The van der Waals surface area contributed by atoms with E-state index >= 15 is 0 Å². The van der Waals surface area contributed by atoms with Gasteiger partial charge in [-0.1, -0.05) is 0 Å². The van der Waals surface area contributed by atoms with Crippen LogP contribution in [0.15, 0.2) is 12.3 Å². The molecule has 3 heteroatoms.